The smallest absolute Gasteiger partial charge is 0.225 e. The summed E-state index contributed by atoms with van der Waals surface area (Å²) in [7, 11) is 0. The van der Waals surface area contributed by atoms with E-state index in [1.165, 1.54) is 0 Å². The van der Waals surface area contributed by atoms with Crippen LogP contribution in [0, 0.1) is 11.6 Å². The van der Waals surface area contributed by atoms with Gasteiger partial charge in [0, 0.05) is 6.07 Å². The third-order valence-electron chi connectivity index (χ3n) is 1.39. The zero-order valence-electron chi connectivity index (χ0n) is 6.23. The minimum atomic E-state index is -1.24. The Morgan fingerprint density at radius 3 is 2.42 bits per heavy atom. The molecule has 0 aliphatic heterocycles. The van der Waals surface area contributed by atoms with Gasteiger partial charge in [0.1, 0.15) is 5.82 Å². The van der Waals surface area contributed by atoms with Gasteiger partial charge in [-0.2, -0.15) is 0 Å². The summed E-state index contributed by atoms with van der Waals surface area (Å²) >= 11 is 0. The van der Waals surface area contributed by atoms with Gasteiger partial charge in [-0.3, -0.25) is 9.90 Å². The number of carbonyl (C=O) groups is 1. The lowest BCUT2D eigenvalue weighted by Crippen LogP contribution is -1.95. The van der Waals surface area contributed by atoms with Crippen molar-refractivity contribution in [3.05, 3.63) is 29.3 Å². The zero-order valence-corrected chi connectivity index (χ0v) is 6.23. The number of benzene rings is 1. The van der Waals surface area contributed by atoms with Crippen molar-refractivity contribution in [2.75, 3.05) is 0 Å². The SMILES string of the molecule is CC(=O)c1cc(F)cc(F)c1[O]. The molecule has 0 atom stereocenters. The molecule has 0 saturated heterocycles. The monoisotopic (exact) mass is 171 g/mol. The van der Waals surface area contributed by atoms with Gasteiger partial charge in [0.25, 0.3) is 0 Å². The van der Waals surface area contributed by atoms with Crippen LogP contribution in [0.5, 0.6) is 5.75 Å². The molecule has 0 N–H and O–H groups in total. The highest BCUT2D eigenvalue weighted by molar-refractivity contribution is 5.96. The lowest BCUT2D eigenvalue weighted by atomic mass is 10.1. The summed E-state index contributed by atoms with van der Waals surface area (Å²) in [5.74, 6) is -3.85. The van der Waals surface area contributed by atoms with Crippen molar-refractivity contribution in [1.29, 1.82) is 0 Å². The average molecular weight is 171 g/mol. The van der Waals surface area contributed by atoms with Gasteiger partial charge >= 0.3 is 0 Å². The molecule has 0 aromatic heterocycles. The molecular formula is C8H5F2O2. The first-order chi connectivity index (χ1) is 5.52. The van der Waals surface area contributed by atoms with E-state index in [9.17, 15) is 18.7 Å². The maximum atomic E-state index is 12.5. The van der Waals surface area contributed by atoms with Crippen LogP contribution in [0.2, 0.25) is 0 Å². The largest absolute Gasteiger partial charge is 0.294 e. The third-order valence-corrected chi connectivity index (χ3v) is 1.39. The molecule has 1 aromatic carbocycles. The molecule has 0 amide bonds. The van der Waals surface area contributed by atoms with E-state index >= 15 is 0 Å². The van der Waals surface area contributed by atoms with Gasteiger partial charge in [-0.1, -0.05) is 0 Å². The van der Waals surface area contributed by atoms with Gasteiger partial charge in [-0.25, -0.2) is 8.78 Å². The maximum Gasteiger partial charge on any atom is 0.225 e. The minimum Gasteiger partial charge on any atom is -0.294 e. The molecule has 0 unspecified atom stereocenters. The Kier molecular flexibility index (Phi) is 2.08. The van der Waals surface area contributed by atoms with Crippen LogP contribution in [0.3, 0.4) is 0 Å². The zero-order chi connectivity index (χ0) is 9.30. The number of hydrogen-bond donors (Lipinski definition) is 0. The average Bonchev–Trinajstić information content (AvgIpc) is 1.96. The van der Waals surface area contributed by atoms with E-state index in [0.29, 0.717) is 6.07 Å². The molecule has 63 valence electrons. The Morgan fingerprint density at radius 1 is 1.33 bits per heavy atom. The van der Waals surface area contributed by atoms with Gasteiger partial charge in [-0.05, 0) is 13.0 Å². The van der Waals surface area contributed by atoms with E-state index in [2.05, 4.69) is 0 Å². The predicted octanol–water partition coefficient (Wildman–Crippen LogP) is 2.31. The molecule has 12 heavy (non-hydrogen) atoms. The van der Waals surface area contributed by atoms with Crippen LogP contribution >= 0.6 is 0 Å². The Morgan fingerprint density at radius 2 is 1.92 bits per heavy atom. The molecule has 0 aliphatic rings. The standard InChI is InChI=1S/C8H5F2O2/c1-4(11)6-2-5(9)3-7(10)8(6)12/h2-3H,1H3. The second-order valence-corrected chi connectivity index (χ2v) is 2.32. The van der Waals surface area contributed by atoms with Gasteiger partial charge in [0.15, 0.2) is 11.6 Å². The molecule has 0 bridgehead atoms. The highest BCUT2D eigenvalue weighted by Crippen LogP contribution is 2.23. The first-order valence-corrected chi connectivity index (χ1v) is 3.19. The summed E-state index contributed by atoms with van der Waals surface area (Å²) in [4.78, 5) is 10.6. The van der Waals surface area contributed by atoms with Gasteiger partial charge in [-0.15, -0.1) is 0 Å². The van der Waals surface area contributed by atoms with Crippen molar-refractivity contribution >= 4 is 5.78 Å². The Bertz CT molecular complexity index is 334. The van der Waals surface area contributed by atoms with E-state index in [4.69, 9.17) is 0 Å². The molecule has 0 fully saturated rings. The van der Waals surface area contributed by atoms with Gasteiger partial charge in [0.05, 0.1) is 5.56 Å². The summed E-state index contributed by atoms with van der Waals surface area (Å²) in [6, 6.07) is 1.18. The van der Waals surface area contributed by atoms with E-state index in [0.717, 1.165) is 13.0 Å². The van der Waals surface area contributed by atoms with Crippen molar-refractivity contribution in [2.45, 2.75) is 6.92 Å². The topological polar surface area (TPSA) is 37.0 Å². The fraction of sp³-hybridized carbons (Fsp3) is 0.125. The van der Waals surface area contributed by atoms with Crippen LogP contribution in [-0.2, 0) is 5.11 Å². The molecule has 0 aliphatic carbocycles. The minimum absolute atomic E-state index is 0.451. The van der Waals surface area contributed by atoms with Gasteiger partial charge in [0.2, 0.25) is 5.75 Å². The number of halogens is 2. The van der Waals surface area contributed by atoms with Crippen molar-refractivity contribution in [3.8, 4) is 5.75 Å². The predicted molar refractivity (Wildman–Crippen MR) is 36.5 cm³/mol. The molecule has 0 spiro atoms. The van der Waals surface area contributed by atoms with Gasteiger partial charge < -0.3 is 0 Å². The number of Topliss-reactive ketones (excluding diaryl/α,β-unsaturated/α-hetero) is 1. The Hall–Kier alpha value is -1.45. The van der Waals surface area contributed by atoms with E-state index in [1.54, 1.807) is 0 Å². The normalized spacial score (nSPS) is 9.92. The number of rotatable bonds is 1. The summed E-state index contributed by atoms with van der Waals surface area (Å²) in [5.41, 5.74) is -0.451. The quantitative estimate of drug-likeness (QED) is 0.597. The second kappa shape index (κ2) is 2.89. The van der Waals surface area contributed by atoms with Crippen LogP contribution < -0.4 is 0 Å². The van der Waals surface area contributed by atoms with Crippen LogP contribution in [-0.4, -0.2) is 5.78 Å². The molecule has 1 aromatic rings. The molecular weight excluding hydrogens is 166 g/mol. The van der Waals surface area contributed by atoms with E-state index in [-0.39, 0.29) is 0 Å². The Labute approximate surface area is 67.4 Å². The Balaban J connectivity index is 3.37. The molecule has 1 radical (unpaired) electrons. The van der Waals surface area contributed by atoms with Crippen LogP contribution in [0.1, 0.15) is 17.3 Å². The first kappa shape index (κ1) is 8.64. The highest BCUT2D eigenvalue weighted by Gasteiger charge is 2.14. The van der Waals surface area contributed by atoms with Crippen LogP contribution in [0.25, 0.3) is 0 Å². The molecule has 2 nitrogen and oxygen atoms in total. The lowest BCUT2D eigenvalue weighted by Gasteiger charge is -1.98. The van der Waals surface area contributed by atoms with E-state index < -0.39 is 28.7 Å². The fourth-order valence-corrected chi connectivity index (χ4v) is 0.822. The fourth-order valence-electron chi connectivity index (χ4n) is 0.822. The number of hydrogen-bond acceptors (Lipinski definition) is 1. The first-order valence-electron chi connectivity index (χ1n) is 3.19. The van der Waals surface area contributed by atoms with E-state index in [1.807, 2.05) is 0 Å². The molecule has 4 heteroatoms. The number of ketones is 1. The number of carbonyl (C=O) groups excluding carboxylic acids is 1. The molecule has 1 rings (SSSR count). The lowest BCUT2D eigenvalue weighted by molar-refractivity contribution is 0.101. The third kappa shape index (κ3) is 1.42. The summed E-state index contributed by atoms with van der Waals surface area (Å²) < 4.78 is 24.9. The van der Waals surface area contributed by atoms with Crippen LogP contribution in [0.15, 0.2) is 12.1 Å². The van der Waals surface area contributed by atoms with Crippen molar-refractivity contribution < 1.29 is 18.7 Å². The summed E-state index contributed by atoms with van der Waals surface area (Å²) in [6.07, 6.45) is 0. The molecule has 0 saturated carbocycles. The summed E-state index contributed by atoms with van der Waals surface area (Å²) in [6.45, 7) is 1.08. The van der Waals surface area contributed by atoms with Crippen LogP contribution in [0.4, 0.5) is 8.78 Å². The van der Waals surface area contributed by atoms with Crippen molar-refractivity contribution in [2.24, 2.45) is 0 Å². The highest BCUT2D eigenvalue weighted by atomic mass is 19.1. The summed E-state index contributed by atoms with van der Waals surface area (Å²) in [5, 5.41) is 10.8. The molecule has 0 heterocycles. The van der Waals surface area contributed by atoms with Crippen molar-refractivity contribution in [1.82, 2.24) is 0 Å². The van der Waals surface area contributed by atoms with Crippen molar-refractivity contribution in [3.63, 3.8) is 0 Å². The maximum absolute atomic E-state index is 12.5. The second-order valence-electron chi connectivity index (χ2n) is 2.32.